The first-order chi connectivity index (χ1) is 8.90. The summed E-state index contributed by atoms with van der Waals surface area (Å²) < 4.78 is 0. The van der Waals surface area contributed by atoms with Gasteiger partial charge in [-0.3, -0.25) is 4.90 Å². The Hall–Kier alpha value is -1.54. The number of fused-ring (bicyclic) bond motifs is 2. The summed E-state index contributed by atoms with van der Waals surface area (Å²) in [6.07, 6.45) is 8.42. The number of hydrogen-bond acceptors (Lipinski definition) is 1. The zero-order valence-electron chi connectivity index (χ0n) is 10.5. The topological polar surface area (TPSA) is 19.0 Å². The van der Waals surface area contributed by atoms with E-state index in [1.165, 1.54) is 54.4 Å². The van der Waals surface area contributed by atoms with Gasteiger partial charge in [-0.2, -0.15) is 0 Å². The van der Waals surface area contributed by atoms with Gasteiger partial charge in [0.05, 0.1) is 0 Å². The second kappa shape index (κ2) is 3.99. The van der Waals surface area contributed by atoms with Crippen molar-refractivity contribution in [1.29, 1.82) is 0 Å². The molecule has 1 fully saturated rings. The van der Waals surface area contributed by atoms with Crippen molar-refractivity contribution in [3.05, 3.63) is 42.1 Å². The van der Waals surface area contributed by atoms with Crippen molar-refractivity contribution in [2.24, 2.45) is 0 Å². The van der Waals surface area contributed by atoms with Crippen LogP contribution in [0.5, 0.6) is 0 Å². The standard InChI is InChI=1S/C16H18N2/c1-2-15-10-14(6-9-18(15)8-1)13-4-3-12-5-7-17-16(12)11-13/h3-5,7,10-11,15,17H,1-2,6,8-9H2/t15-/m0/s1. The van der Waals surface area contributed by atoms with Crippen molar-refractivity contribution < 1.29 is 0 Å². The van der Waals surface area contributed by atoms with E-state index in [0.717, 1.165) is 0 Å². The molecule has 0 spiro atoms. The van der Waals surface area contributed by atoms with Crippen LogP contribution in [0.4, 0.5) is 0 Å². The molecule has 0 radical (unpaired) electrons. The zero-order chi connectivity index (χ0) is 11.9. The highest BCUT2D eigenvalue weighted by Gasteiger charge is 2.26. The molecule has 18 heavy (non-hydrogen) atoms. The fourth-order valence-corrected chi connectivity index (χ4v) is 3.39. The molecule has 0 unspecified atom stereocenters. The van der Waals surface area contributed by atoms with Crippen LogP contribution in [0.25, 0.3) is 16.5 Å². The number of hydrogen-bond donors (Lipinski definition) is 1. The van der Waals surface area contributed by atoms with E-state index >= 15 is 0 Å². The molecule has 2 nitrogen and oxygen atoms in total. The first-order valence-electron chi connectivity index (χ1n) is 6.92. The molecule has 2 aliphatic heterocycles. The summed E-state index contributed by atoms with van der Waals surface area (Å²) in [4.78, 5) is 5.93. The monoisotopic (exact) mass is 238 g/mol. The highest BCUT2D eigenvalue weighted by molar-refractivity contribution is 5.84. The predicted molar refractivity (Wildman–Crippen MR) is 75.5 cm³/mol. The van der Waals surface area contributed by atoms with Crippen LogP contribution in [-0.4, -0.2) is 29.0 Å². The first kappa shape index (κ1) is 10.4. The third-order valence-electron chi connectivity index (χ3n) is 4.40. The summed E-state index contributed by atoms with van der Waals surface area (Å²) in [7, 11) is 0. The molecule has 92 valence electrons. The molecule has 2 aliphatic rings. The van der Waals surface area contributed by atoms with E-state index in [2.05, 4.69) is 40.2 Å². The summed E-state index contributed by atoms with van der Waals surface area (Å²) in [5.41, 5.74) is 4.19. The maximum absolute atomic E-state index is 3.31. The van der Waals surface area contributed by atoms with Crippen LogP contribution in [0.1, 0.15) is 24.8 Å². The van der Waals surface area contributed by atoms with Gasteiger partial charge in [0.25, 0.3) is 0 Å². The van der Waals surface area contributed by atoms with E-state index in [0.29, 0.717) is 6.04 Å². The molecular weight excluding hydrogens is 220 g/mol. The number of nitrogens with one attached hydrogen (secondary N) is 1. The summed E-state index contributed by atoms with van der Waals surface area (Å²) >= 11 is 0. The molecule has 1 aromatic carbocycles. The smallest absolute Gasteiger partial charge is 0.0460 e. The third kappa shape index (κ3) is 1.60. The second-order valence-electron chi connectivity index (χ2n) is 5.47. The van der Waals surface area contributed by atoms with Crippen LogP contribution in [0.2, 0.25) is 0 Å². The Balaban J connectivity index is 1.73. The van der Waals surface area contributed by atoms with Gasteiger partial charge in [-0.25, -0.2) is 0 Å². The van der Waals surface area contributed by atoms with Crippen molar-refractivity contribution in [3.8, 4) is 0 Å². The van der Waals surface area contributed by atoms with Crippen molar-refractivity contribution in [3.63, 3.8) is 0 Å². The Morgan fingerprint density at radius 1 is 1.17 bits per heavy atom. The van der Waals surface area contributed by atoms with Gasteiger partial charge in [-0.1, -0.05) is 18.2 Å². The van der Waals surface area contributed by atoms with E-state index < -0.39 is 0 Å². The normalized spacial score (nSPS) is 24.2. The third-order valence-corrected chi connectivity index (χ3v) is 4.40. The minimum Gasteiger partial charge on any atom is -0.361 e. The van der Waals surface area contributed by atoms with Crippen molar-refractivity contribution >= 4 is 16.5 Å². The second-order valence-corrected chi connectivity index (χ2v) is 5.47. The minimum absolute atomic E-state index is 0.702. The lowest BCUT2D eigenvalue weighted by Crippen LogP contribution is -2.32. The van der Waals surface area contributed by atoms with Crippen molar-refractivity contribution in [2.75, 3.05) is 13.1 Å². The average Bonchev–Trinajstić information content (AvgIpc) is 3.05. The molecule has 0 aliphatic carbocycles. The van der Waals surface area contributed by atoms with Gasteiger partial charge in [0.1, 0.15) is 0 Å². The summed E-state index contributed by atoms with van der Waals surface area (Å²) in [6, 6.07) is 9.63. The van der Waals surface area contributed by atoms with Crippen molar-refractivity contribution in [2.45, 2.75) is 25.3 Å². The molecule has 1 atom stereocenters. The minimum atomic E-state index is 0.702. The lowest BCUT2D eigenvalue weighted by Gasteiger charge is -2.28. The fraction of sp³-hybridized carbons (Fsp3) is 0.375. The Morgan fingerprint density at radius 3 is 3.17 bits per heavy atom. The Morgan fingerprint density at radius 2 is 2.17 bits per heavy atom. The van der Waals surface area contributed by atoms with Crippen LogP contribution in [0.15, 0.2) is 36.5 Å². The Bertz CT molecular complexity index is 608. The zero-order valence-corrected chi connectivity index (χ0v) is 10.5. The van der Waals surface area contributed by atoms with E-state index in [-0.39, 0.29) is 0 Å². The molecule has 2 aromatic rings. The molecule has 1 saturated heterocycles. The fourth-order valence-electron chi connectivity index (χ4n) is 3.39. The van der Waals surface area contributed by atoms with E-state index in [1.807, 2.05) is 6.20 Å². The molecule has 0 amide bonds. The maximum atomic E-state index is 3.31. The summed E-state index contributed by atoms with van der Waals surface area (Å²) in [5.74, 6) is 0. The predicted octanol–water partition coefficient (Wildman–Crippen LogP) is 3.42. The van der Waals surface area contributed by atoms with Crippen LogP contribution >= 0.6 is 0 Å². The molecular formula is C16H18N2. The van der Waals surface area contributed by atoms with Gasteiger partial charge in [0.2, 0.25) is 0 Å². The van der Waals surface area contributed by atoms with Crippen LogP contribution in [0, 0.1) is 0 Å². The number of benzene rings is 1. The number of H-pyrrole nitrogens is 1. The molecule has 2 heteroatoms. The van der Waals surface area contributed by atoms with Crippen LogP contribution in [0.3, 0.4) is 0 Å². The SMILES string of the molecule is C1=C(c2ccc3cc[nH]c3c2)CCN2CCC[C@@H]12. The lowest BCUT2D eigenvalue weighted by atomic mass is 9.95. The van der Waals surface area contributed by atoms with E-state index in [4.69, 9.17) is 0 Å². The molecule has 4 rings (SSSR count). The van der Waals surface area contributed by atoms with Gasteiger partial charge in [-0.15, -0.1) is 0 Å². The Kier molecular flexibility index (Phi) is 2.30. The molecule has 1 aromatic heterocycles. The van der Waals surface area contributed by atoms with Crippen molar-refractivity contribution in [1.82, 2.24) is 9.88 Å². The first-order valence-corrected chi connectivity index (χ1v) is 6.92. The summed E-state index contributed by atoms with van der Waals surface area (Å²) in [6.45, 7) is 2.53. The van der Waals surface area contributed by atoms with Gasteiger partial charge < -0.3 is 4.98 Å². The number of nitrogens with zero attached hydrogens (tertiary/aromatic N) is 1. The Labute approximate surface area is 107 Å². The van der Waals surface area contributed by atoms with Gasteiger partial charge >= 0.3 is 0 Å². The van der Waals surface area contributed by atoms with E-state index in [1.54, 1.807) is 0 Å². The average molecular weight is 238 g/mol. The lowest BCUT2D eigenvalue weighted by molar-refractivity contribution is 0.288. The van der Waals surface area contributed by atoms with Crippen LogP contribution < -0.4 is 0 Å². The van der Waals surface area contributed by atoms with Gasteiger partial charge in [0, 0.05) is 24.3 Å². The number of aromatic amines is 1. The number of aromatic nitrogens is 1. The highest BCUT2D eigenvalue weighted by Crippen LogP contribution is 2.31. The van der Waals surface area contributed by atoms with E-state index in [9.17, 15) is 0 Å². The molecule has 1 N–H and O–H groups in total. The largest absolute Gasteiger partial charge is 0.361 e. The summed E-state index contributed by atoms with van der Waals surface area (Å²) in [5, 5.41) is 1.30. The molecule has 3 heterocycles. The number of rotatable bonds is 1. The van der Waals surface area contributed by atoms with Gasteiger partial charge in [0.15, 0.2) is 0 Å². The van der Waals surface area contributed by atoms with Crippen LogP contribution in [-0.2, 0) is 0 Å². The van der Waals surface area contributed by atoms with Gasteiger partial charge in [-0.05, 0) is 54.5 Å². The molecule has 0 bridgehead atoms. The highest BCUT2D eigenvalue weighted by atomic mass is 15.2. The molecule has 0 saturated carbocycles. The quantitative estimate of drug-likeness (QED) is 0.806. The maximum Gasteiger partial charge on any atom is 0.0460 e.